The van der Waals surface area contributed by atoms with Crippen LogP contribution in [0.25, 0.3) is 6.08 Å². The fourth-order valence-corrected chi connectivity index (χ4v) is 4.49. The summed E-state index contributed by atoms with van der Waals surface area (Å²) in [7, 11) is 1.45. The van der Waals surface area contributed by atoms with Gasteiger partial charge in [-0.1, -0.05) is 17.4 Å². The van der Waals surface area contributed by atoms with Gasteiger partial charge in [0.05, 0.1) is 35.8 Å². The second kappa shape index (κ2) is 8.27. The highest BCUT2D eigenvalue weighted by Crippen LogP contribution is 2.31. The number of aromatic hydroxyl groups is 1. The smallest absolute Gasteiger partial charge is 0.338 e. The fourth-order valence-electron chi connectivity index (χ4n) is 3.44. The van der Waals surface area contributed by atoms with E-state index in [1.807, 2.05) is 0 Å². The molecule has 0 fully saturated rings. The number of benzene rings is 1. The molecule has 0 radical (unpaired) electrons. The van der Waals surface area contributed by atoms with Crippen molar-refractivity contribution in [2.75, 3.05) is 13.7 Å². The number of hydrogen-bond acceptors (Lipinski definition) is 8. The maximum absolute atomic E-state index is 13.4. The molecule has 0 saturated carbocycles. The lowest BCUT2D eigenvalue weighted by molar-refractivity contribution is -0.139. The van der Waals surface area contributed by atoms with Crippen LogP contribution < -0.4 is 19.6 Å². The van der Waals surface area contributed by atoms with Crippen molar-refractivity contribution in [1.29, 1.82) is 0 Å². The van der Waals surface area contributed by atoms with E-state index in [0.717, 1.165) is 0 Å². The predicted octanol–water partition coefficient (Wildman–Crippen LogP) is 2.11. The molecule has 1 aliphatic rings. The number of fused-ring (bicyclic) bond motifs is 1. The van der Waals surface area contributed by atoms with Crippen molar-refractivity contribution in [3.8, 4) is 11.5 Å². The van der Waals surface area contributed by atoms with Crippen molar-refractivity contribution in [3.63, 3.8) is 0 Å². The molecule has 160 valence electrons. The van der Waals surface area contributed by atoms with Crippen LogP contribution in [-0.4, -0.2) is 29.4 Å². The number of thiazole rings is 1. The lowest BCUT2D eigenvalue weighted by Crippen LogP contribution is -2.39. The van der Waals surface area contributed by atoms with Gasteiger partial charge in [-0.2, -0.15) is 0 Å². The Morgan fingerprint density at radius 1 is 1.39 bits per heavy atom. The van der Waals surface area contributed by atoms with Crippen LogP contribution in [0.5, 0.6) is 11.5 Å². The van der Waals surface area contributed by atoms with Crippen molar-refractivity contribution in [1.82, 2.24) is 4.57 Å². The molecule has 8 nitrogen and oxygen atoms in total. The van der Waals surface area contributed by atoms with Crippen molar-refractivity contribution < 1.29 is 23.8 Å². The van der Waals surface area contributed by atoms with Crippen LogP contribution in [0.4, 0.5) is 0 Å². The Kier molecular flexibility index (Phi) is 5.51. The number of nitrogens with zero attached hydrogens (tertiary/aromatic N) is 2. The van der Waals surface area contributed by atoms with Gasteiger partial charge in [-0.3, -0.25) is 9.36 Å². The number of allylic oxidation sites excluding steroid dienone is 1. The Balaban J connectivity index is 1.92. The van der Waals surface area contributed by atoms with Crippen LogP contribution in [-0.2, 0) is 9.53 Å². The number of esters is 1. The van der Waals surface area contributed by atoms with Gasteiger partial charge in [0, 0.05) is 0 Å². The summed E-state index contributed by atoms with van der Waals surface area (Å²) >= 11 is 1.20. The third kappa shape index (κ3) is 3.68. The topological polar surface area (TPSA) is 103 Å². The summed E-state index contributed by atoms with van der Waals surface area (Å²) in [6.45, 7) is 3.63. The number of rotatable bonds is 5. The van der Waals surface area contributed by atoms with Gasteiger partial charge in [0.15, 0.2) is 16.3 Å². The normalized spacial score (nSPS) is 16.1. The average Bonchev–Trinajstić information content (AvgIpc) is 3.37. The molecule has 0 saturated heterocycles. The second-order valence-electron chi connectivity index (χ2n) is 6.75. The highest BCUT2D eigenvalue weighted by atomic mass is 32.1. The minimum atomic E-state index is -0.776. The van der Waals surface area contributed by atoms with Crippen LogP contribution in [0, 0.1) is 0 Å². The maximum Gasteiger partial charge on any atom is 0.338 e. The van der Waals surface area contributed by atoms with Crippen LogP contribution in [0.3, 0.4) is 0 Å². The summed E-state index contributed by atoms with van der Waals surface area (Å²) in [4.78, 5) is 31.0. The summed E-state index contributed by atoms with van der Waals surface area (Å²) in [5, 5.41) is 9.81. The second-order valence-corrected chi connectivity index (χ2v) is 7.76. The number of carbonyl (C=O) groups is 1. The molecule has 1 aliphatic heterocycles. The minimum Gasteiger partial charge on any atom is -0.504 e. The van der Waals surface area contributed by atoms with Crippen molar-refractivity contribution in [3.05, 3.63) is 78.9 Å². The molecule has 9 heteroatoms. The molecule has 0 aliphatic carbocycles. The lowest BCUT2D eigenvalue weighted by atomic mass is 10.0. The van der Waals surface area contributed by atoms with Crippen LogP contribution in [0.2, 0.25) is 0 Å². The zero-order valence-corrected chi connectivity index (χ0v) is 17.9. The average molecular weight is 440 g/mol. The molecule has 0 spiro atoms. The van der Waals surface area contributed by atoms with Gasteiger partial charge in [0.2, 0.25) is 0 Å². The van der Waals surface area contributed by atoms with E-state index in [-0.39, 0.29) is 23.5 Å². The summed E-state index contributed by atoms with van der Waals surface area (Å²) in [5.74, 6) is 0.211. The standard InChI is InChI=1S/C22H20N2O6S/c1-4-29-21(27)18-12(2)23-22-24(19(18)15-6-5-9-30-15)20(26)17(31-22)11-13-7-8-14(25)16(10-13)28-3/h5-11,19,25H,4H2,1-3H3/b17-11+. The van der Waals surface area contributed by atoms with E-state index >= 15 is 0 Å². The number of ether oxygens (including phenoxy) is 2. The van der Waals surface area contributed by atoms with E-state index < -0.39 is 12.0 Å². The molecular formula is C22H20N2O6S. The Labute approximate surface area is 181 Å². The largest absolute Gasteiger partial charge is 0.504 e. The molecular weight excluding hydrogens is 420 g/mol. The first-order valence-corrected chi connectivity index (χ1v) is 10.4. The van der Waals surface area contributed by atoms with Crippen molar-refractivity contribution in [2.24, 2.45) is 4.99 Å². The van der Waals surface area contributed by atoms with E-state index in [9.17, 15) is 14.7 Å². The number of phenols is 1. The summed E-state index contributed by atoms with van der Waals surface area (Å²) in [6, 6.07) is 7.44. The number of phenolic OH excluding ortho intramolecular Hbond substituents is 1. The molecule has 31 heavy (non-hydrogen) atoms. The van der Waals surface area contributed by atoms with E-state index in [1.165, 1.54) is 35.3 Å². The van der Waals surface area contributed by atoms with Gasteiger partial charge in [-0.25, -0.2) is 9.79 Å². The molecule has 3 heterocycles. The Hall–Kier alpha value is -3.59. The molecule has 0 bridgehead atoms. The fraction of sp³-hybridized carbons (Fsp3) is 0.227. The zero-order chi connectivity index (χ0) is 22.1. The molecule has 2 aromatic heterocycles. The molecule has 4 rings (SSSR count). The predicted molar refractivity (Wildman–Crippen MR) is 114 cm³/mol. The van der Waals surface area contributed by atoms with Crippen molar-refractivity contribution in [2.45, 2.75) is 19.9 Å². The molecule has 1 N–H and O–H groups in total. The zero-order valence-electron chi connectivity index (χ0n) is 17.1. The van der Waals surface area contributed by atoms with E-state index in [0.29, 0.717) is 32.1 Å². The third-order valence-corrected chi connectivity index (χ3v) is 5.81. The van der Waals surface area contributed by atoms with Gasteiger partial charge in [0.25, 0.3) is 5.56 Å². The quantitative estimate of drug-likeness (QED) is 0.610. The Morgan fingerprint density at radius 2 is 2.19 bits per heavy atom. The van der Waals surface area contributed by atoms with Crippen molar-refractivity contribution >= 4 is 23.4 Å². The summed E-state index contributed by atoms with van der Waals surface area (Å²) in [5.41, 5.74) is 1.10. The van der Waals surface area contributed by atoms with Gasteiger partial charge >= 0.3 is 5.97 Å². The van der Waals surface area contributed by atoms with E-state index in [4.69, 9.17) is 13.9 Å². The monoisotopic (exact) mass is 440 g/mol. The van der Waals surface area contributed by atoms with E-state index in [2.05, 4.69) is 4.99 Å². The van der Waals surface area contributed by atoms with Gasteiger partial charge in [-0.05, 0) is 49.8 Å². The number of carbonyl (C=O) groups excluding carboxylic acids is 1. The van der Waals surface area contributed by atoms with E-state index in [1.54, 1.807) is 44.2 Å². The van der Waals surface area contributed by atoms with Gasteiger partial charge < -0.3 is 19.0 Å². The third-order valence-electron chi connectivity index (χ3n) is 4.83. The Morgan fingerprint density at radius 3 is 2.87 bits per heavy atom. The van der Waals surface area contributed by atoms with Gasteiger partial charge in [-0.15, -0.1) is 0 Å². The van der Waals surface area contributed by atoms with Crippen LogP contribution >= 0.6 is 11.3 Å². The highest BCUT2D eigenvalue weighted by Gasteiger charge is 2.34. The van der Waals surface area contributed by atoms with Gasteiger partial charge in [0.1, 0.15) is 11.8 Å². The number of furan rings is 1. The Bertz CT molecular complexity index is 1350. The minimum absolute atomic E-state index is 0.00799. The first-order valence-electron chi connectivity index (χ1n) is 9.54. The summed E-state index contributed by atoms with van der Waals surface area (Å²) < 4.78 is 17.8. The lowest BCUT2D eigenvalue weighted by Gasteiger charge is -2.22. The number of hydrogen-bond donors (Lipinski definition) is 1. The molecule has 1 unspecified atom stereocenters. The first-order chi connectivity index (χ1) is 14.9. The first kappa shape index (κ1) is 20.7. The number of methoxy groups -OCH3 is 1. The number of aromatic nitrogens is 1. The highest BCUT2D eigenvalue weighted by molar-refractivity contribution is 7.07. The molecule has 0 amide bonds. The summed E-state index contributed by atoms with van der Waals surface area (Å²) in [6.07, 6.45) is 3.18. The van der Waals surface area contributed by atoms with Crippen LogP contribution in [0.1, 0.15) is 31.2 Å². The molecule has 1 atom stereocenters. The SMILES string of the molecule is CCOC(=O)C1=C(C)N=c2s/c(=C/c3ccc(O)c(OC)c3)c(=O)n2C1c1ccco1. The van der Waals surface area contributed by atoms with Crippen LogP contribution in [0.15, 0.2) is 62.1 Å². The molecule has 1 aromatic carbocycles. The molecule has 3 aromatic rings. The maximum atomic E-state index is 13.4.